The molecule has 1 rings (SSSR count). The minimum absolute atomic E-state index is 0.0600. The highest BCUT2D eigenvalue weighted by atomic mass is 16.3. The summed E-state index contributed by atoms with van der Waals surface area (Å²) in [4.78, 5) is 13.5. The van der Waals surface area contributed by atoms with Gasteiger partial charge in [-0.05, 0) is 24.1 Å². The molecule has 0 saturated heterocycles. The molecule has 1 atom stereocenters. The summed E-state index contributed by atoms with van der Waals surface area (Å²) in [6.45, 7) is 2.47. The van der Waals surface area contributed by atoms with Crippen LogP contribution in [0.2, 0.25) is 0 Å². The van der Waals surface area contributed by atoms with Crippen molar-refractivity contribution < 1.29 is 9.90 Å². The van der Waals surface area contributed by atoms with Crippen LogP contribution in [0, 0.1) is 0 Å². The fourth-order valence-electron chi connectivity index (χ4n) is 1.72. The Balaban J connectivity index is 2.59. The first-order chi connectivity index (χ1) is 8.04. The van der Waals surface area contributed by atoms with E-state index in [1.807, 2.05) is 13.0 Å². The minimum atomic E-state index is -0.428. The number of carbonyl (C=O) groups is 1. The van der Waals surface area contributed by atoms with Gasteiger partial charge in [0.25, 0.3) is 0 Å². The van der Waals surface area contributed by atoms with E-state index in [1.54, 1.807) is 30.1 Å². The van der Waals surface area contributed by atoms with Crippen molar-refractivity contribution in [3.8, 4) is 5.75 Å². The number of hydrogen-bond acceptors (Lipinski definition) is 3. The molecular formula is C13H20N2O2. The van der Waals surface area contributed by atoms with Crippen LogP contribution in [0.3, 0.4) is 0 Å². The number of aromatic hydroxyl groups is 1. The zero-order valence-electron chi connectivity index (χ0n) is 10.4. The highest BCUT2D eigenvalue weighted by molar-refractivity contribution is 5.81. The molecule has 17 heavy (non-hydrogen) atoms. The topological polar surface area (TPSA) is 66.6 Å². The van der Waals surface area contributed by atoms with Gasteiger partial charge in [0.15, 0.2) is 0 Å². The number of benzene rings is 1. The molecule has 0 spiro atoms. The predicted octanol–water partition coefficient (Wildman–Crippen LogP) is 1.48. The van der Waals surface area contributed by atoms with Crippen LogP contribution in [0.15, 0.2) is 24.3 Å². The quantitative estimate of drug-likeness (QED) is 0.813. The first-order valence-corrected chi connectivity index (χ1v) is 5.83. The van der Waals surface area contributed by atoms with E-state index in [2.05, 4.69) is 0 Å². The molecule has 3 N–H and O–H groups in total. The third-order valence-electron chi connectivity index (χ3n) is 2.62. The number of carbonyl (C=O) groups excluding carboxylic acids is 1. The molecule has 0 fully saturated rings. The van der Waals surface area contributed by atoms with E-state index in [0.29, 0.717) is 13.0 Å². The highest BCUT2D eigenvalue weighted by Crippen LogP contribution is 2.13. The van der Waals surface area contributed by atoms with Crippen LogP contribution in [0.25, 0.3) is 0 Å². The lowest BCUT2D eigenvalue weighted by Crippen LogP contribution is -2.41. The third kappa shape index (κ3) is 4.07. The van der Waals surface area contributed by atoms with E-state index in [9.17, 15) is 9.90 Å². The number of rotatable bonds is 5. The Kier molecular flexibility index (Phi) is 4.97. The summed E-state index contributed by atoms with van der Waals surface area (Å²) in [7, 11) is 1.72. The summed E-state index contributed by atoms with van der Waals surface area (Å²) < 4.78 is 0. The van der Waals surface area contributed by atoms with E-state index in [0.717, 1.165) is 12.0 Å². The molecule has 4 heteroatoms. The second kappa shape index (κ2) is 6.25. The summed E-state index contributed by atoms with van der Waals surface area (Å²) in [6, 6.07) is 6.45. The second-order valence-corrected chi connectivity index (χ2v) is 4.26. The van der Waals surface area contributed by atoms with E-state index < -0.39 is 6.04 Å². The van der Waals surface area contributed by atoms with E-state index >= 15 is 0 Å². The fourth-order valence-corrected chi connectivity index (χ4v) is 1.72. The molecule has 0 aliphatic heterocycles. The Bertz CT molecular complexity index is 379. The van der Waals surface area contributed by atoms with Crippen molar-refractivity contribution >= 4 is 5.91 Å². The Hall–Kier alpha value is -1.55. The molecule has 0 aliphatic rings. The number of hydrogen-bond donors (Lipinski definition) is 2. The van der Waals surface area contributed by atoms with Crippen molar-refractivity contribution in [2.45, 2.75) is 32.4 Å². The lowest BCUT2D eigenvalue weighted by atomic mass is 10.1. The zero-order chi connectivity index (χ0) is 12.8. The lowest BCUT2D eigenvalue weighted by molar-refractivity contribution is -0.132. The minimum Gasteiger partial charge on any atom is -0.508 e. The van der Waals surface area contributed by atoms with Crippen molar-refractivity contribution in [2.75, 3.05) is 7.05 Å². The maximum Gasteiger partial charge on any atom is 0.239 e. The molecular weight excluding hydrogens is 216 g/mol. The van der Waals surface area contributed by atoms with Crippen molar-refractivity contribution in [3.05, 3.63) is 29.8 Å². The Morgan fingerprint density at radius 3 is 2.82 bits per heavy atom. The summed E-state index contributed by atoms with van der Waals surface area (Å²) in [5.41, 5.74) is 6.66. The molecule has 1 aromatic rings. The van der Waals surface area contributed by atoms with Gasteiger partial charge in [-0.2, -0.15) is 0 Å². The Morgan fingerprint density at radius 1 is 1.53 bits per heavy atom. The second-order valence-electron chi connectivity index (χ2n) is 4.26. The summed E-state index contributed by atoms with van der Waals surface area (Å²) in [5, 5.41) is 9.33. The van der Waals surface area contributed by atoms with Crippen LogP contribution in [-0.2, 0) is 11.3 Å². The van der Waals surface area contributed by atoms with Crippen LogP contribution in [0.1, 0.15) is 25.3 Å². The van der Waals surface area contributed by atoms with Crippen molar-refractivity contribution in [3.63, 3.8) is 0 Å². The third-order valence-corrected chi connectivity index (χ3v) is 2.62. The van der Waals surface area contributed by atoms with Gasteiger partial charge < -0.3 is 15.7 Å². The molecule has 1 amide bonds. The van der Waals surface area contributed by atoms with Crippen LogP contribution >= 0.6 is 0 Å². The molecule has 1 aromatic carbocycles. The molecule has 0 heterocycles. The normalized spacial score (nSPS) is 12.2. The fraction of sp³-hybridized carbons (Fsp3) is 0.462. The lowest BCUT2D eigenvalue weighted by Gasteiger charge is -2.21. The van der Waals surface area contributed by atoms with Gasteiger partial charge in [-0.15, -0.1) is 0 Å². The Morgan fingerprint density at radius 2 is 2.24 bits per heavy atom. The van der Waals surface area contributed by atoms with Gasteiger partial charge in [0.2, 0.25) is 5.91 Å². The van der Waals surface area contributed by atoms with Gasteiger partial charge >= 0.3 is 0 Å². The SMILES string of the molecule is CCCC(N)C(=O)N(C)Cc1cccc(O)c1. The van der Waals surface area contributed by atoms with E-state index in [4.69, 9.17) is 5.73 Å². The van der Waals surface area contributed by atoms with Gasteiger partial charge in [0.05, 0.1) is 6.04 Å². The van der Waals surface area contributed by atoms with Crippen molar-refractivity contribution in [1.82, 2.24) is 4.90 Å². The molecule has 1 unspecified atom stereocenters. The van der Waals surface area contributed by atoms with Gasteiger partial charge in [0, 0.05) is 13.6 Å². The number of amides is 1. The van der Waals surface area contributed by atoms with Crippen LogP contribution in [0.5, 0.6) is 5.75 Å². The van der Waals surface area contributed by atoms with Gasteiger partial charge in [-0.25, -0.2) is 0 Å². The molecule has 94 valence electrons. The maximum atomic E-state index is 11.9. The molecule has 0 radical (unpaired) electrons. The number of nitrogens with two attached hydrogens (primary N) is 1. The molecule has 0 aromatic heterocycles. The predicted molar refractivity (Wildman–Crippen MR) is 67.5 cm³/mol. The smallest absolute Gasteiger partial charge is 0.239 e. The van der Waals surface area contributed by atoms with E-state index in [-0.39, 0.29) is 11.7 Å². The first kappa shape index (κ1) is 13.5. The zero-order valence-corrected chi connectivity index (χ0v) is 10.4. The molecule has 0 saturated carbocycles. The number of phenols is 1. The van der Waals surface area contributed by atoms with Crippen LogP contribution < -0.4 is 5.73 Å². The largest absolute Gasteiger partial charge is 0.508 e. The molecule has 0 bridgehead atoms. The van der Waals surface area contributed by atoms with Crippen molar-refractivity contribution in [1.29, 1.82) is 0 Å². The monoisotopic (exact) mass is 236 g/mol. The summed E-state index contributed by atoms with van der Waals surface area (Å²) in [5.74, 6) is 0.149. The van der Waals surface area contributed by atoms with E-state index in [1.165, 1.54) is 0 Å². The average molecular weight is 236 g/mol. The summed E-state index contributed by atoms with van der Waals surface area (Å²) in [6.07, 6.45) is 1.59. The van der Waals surface area contributed by atoms with Crippen molar-refractivity contribution in [2.24, 2.45) is 5.73 Å². The molecule has 4 nitrogen and oxygen atoms in total. The Labute approximate surface area is 102 Å². The van der Waals surface area contributed by atoms with Gasteiger partial charge in [-0.1, -0.05) is 25.5 Å². The first-order valence-electron chi connectivity index (χ1n) is 5.83. The standard InChI is InChI=1S/C13H20N2O2/c1-3-5-12(14)13(17)15(2)9-10-6-4-7-11(16)8-10/h4,6-8,12,16H,3,5,9,14H2,1-2H3. The number of likely N-dealkylation sites (N-methyl/N-ethyl adjacent to an activating group) is 1. The average Bonchev–Trinajstić information content (AvgIpc) is 2.28. The van der Waals surface area contributed by atoms with Gasteiger partial charge in [-0.3, -0.25) is 4.79 Å². The van der Waals surface area contributed by atoms with Crippen LogP contribution in [0.4, 0.5) is 0 Å². The maximum absolute atomic E-state index is 11.9. The highest BCUT2D eigenvalue weighted by Gasteiger charge is 2.17. The number of phenolic OH excluding ortho intramolecular Hbond substituents is 1. The summed E-state index contributed by atoms with van der Waals surface area (Å²) >= 11 is 0. The molecule has 0 aliphatic carbocycles. The van der Waals surface area contributed by atoms with Crippen LogP contribution in [-0.4, -0.2) is 29.0 Å². The van der Waals surface area contributed by atoms with Gasteiger partial charge in [0.1, 0.15) is 5.75 Å². The number of nitrogens with zero attached hydrogens (tertiary/aromatic N) is 1.